The lowest BCUT2D eigenvalue weighted by molar-refractivity contribution is -0.121. The fourth-order valence-electron chi connectivity index (χ4n) is 18.2. The average molecular weight is 1820 g/mol. The molecule has 2 amide bonds. The number of pyridine rings is 4. The number of aliphatic hydroxyl groups is 3. The first kappa shape index (κ1) is 91.1. The molecule has 12 aromatic rings. The number of ketones is 2. The summed E-state index contributed by atoms with van der Waals surface area (Å²) >= 11 is 0. The summed E-state index contributed by atoms with van der Waals surface area (Å²) in [6.07, 6.45) is 13.8. The maximum absolute atomic E-state index is 13.3. The molecule has 8 aliphatic rings. The second kappa shape index (κ2) is 38.1. The molecule has 6 fully saturated rings. The van der Waals surface area contributed by atoms with Crippen LogP contribution in [0.1, 0.15) is 139 Å². The molecule has 8 heterocycles. The maximum atomic E-state index is 13.3. The van der Waals surface area contributed by atoms with Crippen molar-refractivity contribution in [3.05, 3.63) is 298 Å². The smallest absolute Gasteiger partial charge is 0.243 e. The van der Waals surface area contributed by atoms with Crippen molar-refractivity contribution in [2.45, 2.75) is 168 Å². The number of aliphatic hydroxyl groups excluding tert-OH is 3. The van der Waals surface area contributed by atoms with Crippen molar-refractivity contribution in [2.75, 3.05) is 64.7 Å². The van der Waals surface area contributed by atoms with Gasteiger partial charge in [0.15, 0.2) is 23.0 Å². The first-order valence-electron chi connectivity index (χ1n) is 44.7. The molecule has 5 N–H and O–H groups in total. The van der Waals surface area contributed by atoms with Crippen LogP contribution in [-0.2, 0) is 80.3 Å². The van der Waals surface area contributed by atoms with Crippen LogP contribution < -0.4 is 39.1 Å². The van der Waals surface area contributed by atoms with Gasteiger partial charge in [-0.15, -0.1) is 0 Å². The van der Waals surface area contributed by atoms with Crippen LogP contribution in [0.2, 0.25) is 0 Å². The quantitative estimate of drug-likeness (QED) is 0.0319. The summed E-state index contributed by atoms with van der Waals surface area (Å²) in [5.74, 6) is 5.52. The Bertz CT molecular complexity index is 6580. The van der Waals surface area contributed by atoms with Gasteiger partial charge in [-0.2, -0.15) is 8.61 Å². The van der Waals surface area contributed by atoms with Crippen LogP contribution in [0.15, 0.2) is 247 Å². The van der Waals surface area contributed by atoms with Gasteiger partial charge < -0.3 is 54.4 Å². The van der Waals surface area contributed by atoms with Gasteiger partial charge >= 0.3 is 0 Å². The van der Waals surface area contributed by atoms with Crippen molar-refractivity contribution in [1.29, 1.82) is 0 Å². The maximum Gasteiger partial charge on any atom is 0.243 e. The number of nitrogens with one attached hydrogen (secondary N) is 2. The van der Waals surface area contributed by atoms with Gasteiger partial charge in [0.2, 0.25) is 45.4 Å². The molecule has 680 valence electrons. The molecule has 132 heavy (non-hydrogen) atoms. The Morgan fingerprint density at radius 1 is 0.439 bits per heavy atom. The Labute approximate surface area is 768 Å². The van der Waals surface area contributed by atoms with E-state index in [1.54, 1.807) is 74.9 Å². The molecule has 4 aromatic heterocycles. The number of rotatable bonds is 27. The number of Topliss-reactive ketones (excluding diaryl/α,β-unsaturated/α-hetero) is 2. The first-order valence-corrected chi connectivity index (χ1v) is 47.6. The molecule has 0 unspecified atom stereocenters. The molecular weight excluding hydrogens is 1710 g/mol. The highest BCUT2D eigenvalue weighted by atomic mass is 32.2. The van der Waals surface area contributed by atoms with Gasteiger partial charge in [0.05, 0.1) is 82.6 Å². The number of nitrogens with zero attached hydrogens (tertiary/aromatic N) is 6. The third kappa shape index (κ3) is 18.9. The first-order chi connectivity index (χ1) is 63.8. The number of benzene rings is 8. The molecule has 2 saturated heterocycles. The fourth-order valence-corrected chi connectivity index (χ4v) is 21.6. The van der Waals surface area contributed by atoms with Crippen molar-refractivity contribution < 1.29 is 79.8 Å². The predicted molar refractivity (Wildman–Crippen MR) is 501 cm³/mol. The molecule has 25 nitrogen and oxygen atoms in total. The van der Waals surface area contributed by atoms with Crippen molar-refractivity contribution in [1.82, 2.24) is 28.5 Å². The van der Waals surface area contributed by atoms with E-state index in [1.165, 1.54) is 25.3 Å². The van der Waals surface area contributed by atoms with E-state index in [4.69, 9.17) is 33.4 Å². The van der Waals surface area contributed by atoms with Crippen LogP contribution in [-0.4, -0.2) is 150 Å². The topological polar surface area (TPSA) is 335 Å². The van der Waals surface area contributed by atoms with Gasteiger partial charge in [-0.1, -0.05) is 127 Å². The highest BCUT2D eigenvalue weighted by molar-refractivity contribution is 7.89. The van der Waals surface area contributed by atoms with E-state index in [0.29, 0.717) is 67.5 Å². The Morgan fingerprint density at radius 3 is 1.39 bits per heavy atom. The molecule has 27 heteroatoms. The minimum atomic E-state index is -3.68. The van der Waals surface area contributed by atoms with Gasteiger partial charge in [-0.3, -0.25) is 29.1 Å². The predicted octanol–water partition coefficient (Wildman–Crippen LogP) is 16.5. The van der Waals surface area contributed by atoms with Crippen LogP contribution in [0.4, 0.5) is 11.6 Å². The number of amides is 2. The van der Waals surface area contributed by atoms with Crippen LogP contribution in [0.25, 0.3) is 44.8 Å². The average Bonchev–Trinajstić information content (AvgIpc) is 1.59. The van der Waals surface area contributed by atoms with Gasteiger partial charge in [0.1, 0.15) is 34.7 Å². The fraction of sp³-hybridized carbons (Fsp3) is 0.314. The van der Waals surface area contributed by atoms with Gasteiger partial charge in [-0.05, 0) is 264 Å². The zero-order valence-corrected chi connectivity index (χ0v) is 76.2. The molecule has 0 radical (unpaired) electrons. The standard InChI is InChI=1S/2C27H29N3O5S.C26H25NO3.C25H23NO4/c1-35-22-7-2-5-20(17-22)27(14-15-27)26(32)29-25-9-3-8-24(28-25)19-10-12-23(13-11-19)36(33,34)30-16-4-6-21(30)18-31;1-35-22-11-9-20(10-12-22)27(15-16-27)26(32)29-25-6-2-5-24(28-25)19-7-13-23(14-8-19)36(33,34)30-17-3-4-21(30)18-31;1-16-5-4-6-19(11-16)21-14-27-22(18(3)17(21)2)13-25(28)26(9-10-26)20-7-8-23-24(12-20)30-15-29-23;1-16-10-20(26-13-21(16)18-4-2-17(14-27)3-5-18)12-24(28)25(8-9-25)19-6-7-22-23(11-19)30-15-29-22/h2-3,5,7-13,17,21,31H,4,6,14-16,18H2,1H3,(H,28,29,32);2,5-14,21,31H,3-4,15-18H2,1H3,(H,28,29,32);4-8,11-12,14H,9-10,13,15H2,1-3H3;2-7,10-11,13,27H,8-9,12,14-15H2,1H3/t2*21-;;/m11../s1. The lowest BCUT2D eigenvalue weighted by atomic mass is 9.87. The summed E-state index contributed by atoms with van der Waals surface area (Å²) in [7, 11) is -4.14. The van der Waals surface area contributed by atoms with Crippen molar-refractivity contribution in [3.8, 4) is 79.3 Å². The third-order valence-electron chi connectivity index (χ3n) is 27.0. The number of sulfonamides is 2. The highest BCUT2D eigenvalue weighted by Crippen LogP contribution is 2.55. The molecule has 4 aliphatic heterocycles. The van der Waals surface area contributed by atoms with E-state index in [1.807, 2.05) is 159 Å². The Hall–Kier alpha value is -12.9. The molecule has 2 atom stereocenters. The molecule has 4 aliphatic carbocycles. The number of methoxy groups -OCH3 is 2. The largest absolute Gasteiger partial charge is 0.497 e. The summed E-state index contributed by atoms with van der Waals surface area (Å²) in [6.45, 7) is 9.30. The number of carbonyl (C=O) groups is 4. The number of ether oxygens (including phenoxy) is 6. The number of hydrogen-bond acceptors (Lipinski definition) is 21. The highest BCUT2D eigenvalue weighted by Gasteiger charge is 2.55. The van der Waals surface area contributed by atoms with Crippen LogP contribution in [0, 0.1) is 27.7 Å². The zero-order chi connectivity index (χ0) is 92.3. The second-order valence-electron chi connectivity index (χ2n) is 35.2. The van der Waals surface area contributed by atoms with E-state index in [0.717, 1.165) is 171 Å². The zero-order valence-electron chi connectivity index (χ0n) is 74.6. The summed E-state index contributed by atoms with van der Waals surface area (Å²) in [5, 5.41) is 34.2. The Morgan fingerprint density at radius 2 is 0.902 bits per heavy atom. The Kier molecular flexibility index (Phi) is 26.3. The van der Waals surface area contributed by atoms with Crippen molar-refractivity contribution >= 4 is 55.1 Å². The van der Waals surface area contributed by atoms with Crippen molar-refractivity contribution in [3.63, 3.8) is 0 Å². The van der Waals surface area contributed by atoms with E-state index in [9.17, 15) is 51.3 Å². The van der Waals surface area contributed by atoms with Gasteiger partial charge in [-0.25, -0.2) is 26.8 Å². The number of aromatic nitrogens is 4. The SMILES string of the molecule is COc1ccc(C2(C(=O)Nc3cccc(-c4ccc(S(=O)(=O)N5CCC[C@@H]5CO)cc4)n3)CC2)cc1.COc1cccc(C2(C(=O)Nc3cccc(-c4ccc(S(=O)(=O)N5CCC[C@@H]5CO)cc4)n3)CC2)c1.Cc1cc(CC(=O)C2(c3ccc4c(c3)OCO4)CC2)ncc1-c1ccc(CO)cc1.Cc1cccc(-c2cnc(CC(=O)C3(c4ccc5c(c4)OCO5)CC3)c(C)c2C)c1. The van der Waals surface area contributed by atoms with Gasteiger partial charge in [0.25, 0.3) is 0 Å². The summed E-state index contributed by atoms with van der Waals surface area (Å²) in [4.78, 5) is 71.8. The van der Waals surface area contributed by atoms with E-state index < -0.39 is 41.7 Å². The van der Waals surface area contributed by atoms with Crippen LogP contribution in [0.3, 0.4) is 0 Å². The lowest BCUT2D eigenvalue weighted by Crippen LogP contribution is -2.37. The minimum Gasteiger partial charge on any atom is -0.497 e. The number of anilines is 2. The molecule has 8 aromatic carbocycles. The third-order valence-corrected chi connectivity index (χ3v) is 30.9. The molecule has 20 rings (SSSR count). The number of hydrogen-bond donors (Lipinski definition) is 5. The van der Waals surface area contributed by atoms with E-state index >= 15 is 0 Å². The Balaban J connectivity index is 0.000000123. The molecule has 0 spiro atoms. The summed E-state index contributed by atoms with van der Waals surface area (Å²) in [6, 6.07) is 68.2. The number of carbonyl (C=O) groups excluding carboxylic acids is 4. The summed E-state index contributed by atoms with van der Waals surface area (Å²) < 4.78 is 87.2. The normalized spacial score (nSPS) is 17.6. The summed E-state index contributed by atoms with van der Waals surface area (Å²) in [5.41, 5.74) is 16.2. The van der Waals surface area contributed by atoms with Gasteiger partial charge in [0, 0.05) is 78.4 Å². The minimum absolute atomic E-state index is 0.0314. The van der Waals surface area contributed by atoms with E-state index in [-0.39, 0.29) is 78.7 Å². The molecular formula is C105H106N8O17S2. The monoisotopic (exact) mass is 1810 g/mol. The molecule has 0 bridgehead atoms. The number of fused-ring (bicyclic) bond motifs is 2. The lowest BCUT2D eigenvalue weighted by Gasteiger charge is -2.22. The van der Waals surface area contributed by atoms with E-state index in [2.05, 4.69) is 70.6 Å². The molecule has 4 saturated carbocycles. The second-order valence-corrected chi connectivity index (χ2v) is 39.0. The number of aryl methyl sites for hydroxylation is 2. The van der Waals surface area contributed by atoms with Crippen LogP contribution in [0.5, 0.6) is 34.5 Å². The van der Waals surface area contributed by atoms with Crippen molar-refractivity contribution in [2.24, 2.45) is 0 Å². The van der Waals surface area contributed by atoms with Crippen LogP contribution >= 0.6 is 0 Å².